The number of benzene rings is 1. The van der Waals surface area contributed by atoms with Crippen LogP contribution >= 0.6 is 22.9 Å². The van der Waals surface area contributed by atoms with Crippen LogP contribution in [0.5, 0.6) is 0 Å². The molecule has 20 heavy (non-hydrogen) atoms. The predicted octanol–water partition coefficient (Wildman–Crippen LogP) is 3.80. The van der Waals surface area contributed by atoms with E-state index in [1.807, 2.05) is 0 Å². The quantitative estimate of drug-likeness (QED) is 0.905. The summed E-state index contributed by atoms with van der Waals surface area (Å²) in [6, 6.07) is 5.10. The molecular weight excluding hydrogens is 305 g/mol. The fourth-order valence-electron chi connectivity index (χ4n) is 1.61. The van der Waals surface area contributed by atoms with Gasteiger partial charge in [0.2, 0.25) is 0 Å². The fraction of sp³-hybridized carbons (Fsp3) is 0.0769. The molecule has 0 radical (unpaired) electrons. The highest BCUT2D eigenvalue weighted by Crippen LogP contribution is 2.28. The zero-order valence-corrected chi connectivity index (χ0v) is 11.8. The van der Waals surface area contributed by atoms with Crippen LogP contribution in [-0.4, -0.2) is 17.0 Å². The number of carbonyl (C=O) groups is 2. The van der Waals surface area contributed by atoms with Crippen molar-refractivity contribution in [2.75, 3.05) is 5.32 Å². The van der Waals surface area contributed by atoms with Crippen molar-refractivity contribution in [3.05, 3.63) is 51.1 Å². The van der Waals surface area contributed by atoms with Crippen molar-refractivity contribution in [3.8, 4) is 0 Å². The number of nitrogens with one attached hydrogen (secondary N) is 1. The molecule has 0 aliphatic heterocycles. The molecule has 0 saturated carbocycles. The van der Waals surface area contributed by atoms with E-state index < -0.39 is 17.7 Å². The summed E-state index contributed by atoms with van der Waals surface area (Å²) in [5, 5.41) is 11.8. The first-order chi connectivity index (χ1) is 9.38. The molecule has 0 saturated heterocycles. The summed E-state index contributed by atoms with van der Waals surface area (Å²) in [5.41, 5.74) is -0.216. The maximum Gasteiger partial charge on any atom is 0.338 e. The van der Waals surface area contributed by atoms with E-state index >= 15 is 0 Å². The zero-order valence-electron chi connectivity index (χ0n) is 10.2. The number of carboxylic acids is 1. The van der Waals surface area contributed by atoms with Gasteiger partial charge in [-0.05, 0) is 31.2 Å². The van der Waals surface area contributed by atoms with Crippen molar-refractivity contribution in [1.29, 1.82) is 0 Å². The SMILES string of the molecule is Cc1cc(C(=O)O)c(NC(=O)c2ccc(Cl)cc2F)s1. The lowest BCUT2D eigenvalue weighted by atomic mass is 10.2. The minimum atomic E-state index is -1.15. The normalized spacial score (nSPS) is 10.3. The summed E-state index contributed by atoms with van der Waals surface area (Å²) < 4.78 is 13.6. The number of amides is 1. The molecule has 0 atom stereocenters. The minimum absolute atomic E-state index is 0.0183. The topological polar surface area (TPSA) is 66.4 Å². The van der Waals surface area contributed by atoms with Gasteiger partial charge in [0, 0.05) is 9.90 Å². The third kappa shape index (κ3) is 2.97. The average molecular weight is 314 g/mol. The standard InChI is InChI=1S/C13H9ClFNO3S/c1-6-4-9(13(18)19)12(20-6)16-11(17)8-3-2-7(14)5-10(8)15/h2-5H,1H3,(H,16,17)(H,18,19). The van der Waals surface area contributed by atoms with Crippen LogP contribution in [-0.2, 0) is 0 Å². The molecule has 0 spiro atoms. The number of rotatable bonds is 3. The van der Waals surface area contributed by atoms with Gasteiger partial charge in [0.1, 0.15) is 10.8 Å². The highest BCUT2D eigenvalue weighted by atomic mass is 35.5. The second-order valence-corrected chi connectivity index (χ2v) is 5.68. The highest BCUT2D eigenvalue weighted by molar-refractivity contribution is 7.16. The summed E-state index contributed by atoms with van der Waals surface area (Å²) in [4.78, 5) is 23.7. The van der Waals surface area contributed by atoms with Crippen molar-refractivity contribution in [3.63, 3.8) is 0 Å². The van der Waals surface area contributed by atoms with E-state index in [0.717, 1.165) is 22.3 Å². The molecule has 7 heteroatoms. The minimum Gasteiger partial charge on any atom is -0.478 e. The summed E-state index contributed by atoms with van der Waals surface area (Å²) >= 11 is 6.72. The number of hydrogen-bond donors (Lipinski definition) is 2. The molecule has 1 aromatic carbocycles. The second kappa shape index (κ2) is 5.60. The van der Waals surface area contributed by atoms with Gasteiger partial charge in [-0.15, -0.1) is 11.3 Å². The molecule has 1 heterocycles. The smallest absolute Gasteiger partial charge is 0.338 e. The lowest BCUT2D eigenvalue weighted by Crippen LogP contribution is -2.14. The summed E-state index contributed by atoms with van der Waals surface area (Å²) in [6.45, 7) is 1.72. The molecule has 1 aromatic heterocycles. The molecule has 0 unspecified atom stereocenters. The molecule has 1 amide bonds. The number of carbonyl (C=O) groups excluding carboxylic acids is 1. The van der Waals surface area contributed by atoms with E-state index in [4.69, 9.17) is 16.7 Å². The highest BCUT2D eigenvalue weighted by Gasteiger charge is 2.18. The first kappa shape index (κ1) is 14.5. The largest absolute Gasteiger partial charge is 0.478 e. The van der Waals surface area contributed by atoms with Gasteiger partial charge in [-0.25, -0.2) is 9.18 Å². The van der Waals surface area contributed by atoms with Gasteiger partial charge in [-0.2, -0.15) is 0 Å². The number of anilines is 1. The second-order valence-electron chi connectivity index (χ2n) is 3.98. The number of hydrogen-bond acceptors (Lipinski definition) is 3. The fourth-order valence-corrected chi connectivity index (χ4v) is 2.67. The Morgan fingerprint density at radius 1 is 1.30 bits per heavy atom. The number of thiophene rings is 1. The average Bonchev–Trinajstić information content (AvgIpc) is 2.70. The molecule has 0 aliphatic rings. The van der Waals surface area contributed by atoms with E-state index in [1.165, 1.54) is 18.2 Å². The Bertz CT molecular complexity index is 699. The molecule has 0 aliphatic carbocycles. The number of carboxylic acid groups (broad SMARTS) is 1. The van der Waals surface area contributed by atoms with E-state index in [2.05, 4.69) is 5.32 Å². The first-order valence-corrected chi connectivity index (χ1v) is 6.68. The van der Waals surface area contributed by atoms with Crippen LogP contribution < -0.4 is 5.32 Å². The maximum absolute atomic E-state index is 13.6. The Kier molecular flexibility index (Phi) is 4.06. The Labute approximate surface area is 122 Å². The van der Waals surface area contributed by atoms with Crippen molar-refractivity contribution in [2.45, 2.75) is 6.92 Å². The summed E-state index contributed by atoms with van der Waals surface area (Å²) in [6.07, 6.45) is 0. The summed E-state index contributed by atoms with van der Waals surface area (Å²) in [5.74, 6) is -2.63. The molecule has 2 aromatic rings. The van der Waals surface area contributed by atoms with Crippen LogP contribution in [0.1, 0.15) is 25.6 Å². The molecule has 104 valence electrons. The number of aromatic carboxylic acids is 1. The van der Waals surface area contributed by atoms with E-state index in [9.17, 15) is 14.0 Å². The molecule has 0 bridgehead atoms. The van der Waals surface area contributed by atoms with E-state index in [0.29, 0.717) is 0 Å². The van der Waals surface area contributed by atoms with Crippen LogP contribution in [0, 0.1) is 12.7 Å². The van der Waals surface area contributed by atoms with Crippen molar-refractivity contribution < 1.29 is 19.1 Å². The predicted molar refractivity (Wildman–Crippen MR) is 75.4 cm³/mol. The monoisotopic (exact) mass is 313 g/mol. The zero-order chi connectivity index (χ0) is 14.9. The Balaban J connectivity index is 2.30. The van der Waals surface area contributed by atoms with Crippen molar-refractivity contribution >= 4 is 39.8 Å². The maximum atomic E-state index is 13.6. The lowest BCUT2D eigenvalue weighted by molar-refractivity contribution is 0.0698. The number of aryl methyl sites for hydroxylation is 1. The third-order valence-electron chi connectivity index (χ3n) is 2.49. The lowest BCUT2D eigenvalue weighted by Gasteiger charge is -2.05. The molecule has 2 N–H and O–H groups in total. The van der Waals surface area contributed by atoms with Gasteiger partial charge in [-0.1, -0.05) is 11.6 Å². The van der Waals surface area contributed by atoms with Crippen LogP contribution in [0.3, 0.4) is 0 Å². The first-order valence-electron chi connectivity index (χ1n) is 5.48. The Hall–Kier alpha value is -1.92. The van der Waals surface area contributed by atoms with Gasteiger partial charge < -0.3 is 10.4 Å². The van der Waals surface area contributed by atoms with E-state index in [1.54, 1.807) is 6.92 Å². The molecule has 2 rings (SSSR count). The van der Waals surface area contributed by atoms with Crippen LogP contribution in [0.2, 0.25) is 5.02 Å². The van der Waals surface area contributed by atoms with Crippen LogP contribution in [0.15, 0.2) is 24.3 Å². The van der Waals surface area contributed by atoms with Gasteiger partial charge in [-0.3, -0.25) is 4.79 Å². The molecule has 4 nitrogen and oxygen atoms in total. The molecular formula is C13H9ClFNO3S. The van der Waals surface area contributed by atoms with E-state index in [-0.39, 0.29) is 21.2 Å². The third-order valence-corrected chi connectivity index (χ3v) is 3.69. The van der Waals surface area contributed by atoms with Crippen LogP contribution in [0.25, 0.3) is 0 Å². The Morgan fingerprint density at radius 2 is 2.00 bits per heavy atom. The van der Waals surface area contributed by atoms with Crippen LogP contribution in [0.4, 0.5) is 9.39 Å². The number of halogens is 2. The van der Waals surface area contributed by atoms with Gasteiger partial charge in [0.05, 0.1) is 11.1 Å². The van der Waals surface area contributed by atoms with Gasteiger partial charge in [0.25, 0.3) is 5.91 Å². The molecule has 0 fully saturated rings. The summed E-state index contributed by atoms with van der Waals surface area (Å²) in [7, 11) is 0. The van der Waals surface area contributed by atoms with Crippen molar-refractivity contribution in [1.82, 2.24) is 0 Å². The van der Waals surface area contributed by atoms with Gasteiger partial charge >= 0.3 is 5.97 Å². The van der Waals surface area contributed by atoms with Crippen molar-refractivity contribution in [2.24, 2.45) is 0 Å². The Morgan fingerprint density at radius 3 is 2.60 bits per heavy atom. The van der Waals surface area contributed by atoms with Gasteiger partial charge in [0.15, 0.2) is 0 Å².